The second-order valence-electron chi connectivity index (χ2n) is 6.21. The van der Waals surface area contributed by atoms with E-state index in [0.29, 0.717) is 0 Å². The number of thiocarbonyl (C=S) groups is 1. The van der Waals surface area contributed by atoms with Gasteiger partial charge in [-0.2, -0.15) is 0 Å². The minimum atomic E-state index is 0.0615. The van der Waals surface area contributed by atoms with E-state index in [0.717, 1.165) is 33.4 Å². The average Bonchev–Trinajstić information content (AvgIpc) is 3.12. The second-order valence-corrected chi connectivity index (χ2v) is 7.95. The molecule has 0 spiro atoms. The number of nitrogens with zero attached hydrogens (tertiary/aromatic N) is 2. The average molecular weight is 447 g/mol. The minimum Gasteiger partial charge on any atom is -0.348 e. The van der Waals surface area contributed by atoms with E-state index in [1.807, 2.05) is 36.4 Å². The summed E-state index contributed by atoms with van der Waals surface area (Å²) in [6, 6.07) is 20.4. The number of rotatable bonds is 2. The highest BCUT2D eigenvalue weighted by Gasteiger charge is 2.30. The maximum absolute atomic E-state index is 6.09. The highest BCUT2D eigenvalue weighted by molar-refractivity contribution is 9.10. The van der Waals surface area contributed by atoms with Gasteiger partial charge in [0, 0.05) is 40.2 Å². The SMILES string of the molecule is S=C(Nc1ccc(Br)cc1)N1CCn2cccc2[C@@H]1c1ccc(Cl)cc1. The van der Waals surface area contributed by atoms with Crippen LogP contribution < -0.4 is 5.32 Å². The van der Waals surface area contributed by atoms with Crippen molar-refractivity contribution in [3.63, 3.8) is 0 Å². The van der Waals surface area contributed by atoms with Gasteiger partial charge >= 0.3 is 0 Å². The largest absolute Gasteiger partial charge is 0.348 e. The van der Waals surface area contributed by atoms with Gasteiger partial charge in [0.15, 0.2) is 5.11 Å². The molecular weight excluding hydrogens is 430 g/mol. The molecule has 0 aliphatic carbocycles. The van der Waals surface area contributed by atoms with E-state index < -0.39 is 0 Å². The van der Waals surface area contributed by atoms with Crippen LogP contribution in [0.1, 0.15) is 17.3 Å². The number of nitrogens with one attached hydrogen (secondary N) is 1. The molecule has 0 radical (unpaired) electrons. The Hall–Kier alpha value is -1.82. The number of anilines is 1. The van der Waals surface area contributed by atoms with Gasteiger partial charge in [0.05, 0.1) is 6.04 Å². The van der Waals surface area contributed by atoms with Gasteiger partial charge in [-0.05, 0) is 66.3 Å². The molecule has 4 rings (SSSR count). The van der Waals surface area contributed by atoms with E-state index in [9.17, 15) is 0 Å². The van der Waals surface area contributed by atoms with Crippen LogP contribution in [-0.4, -0.2) is 21.1 Å². The number of halogens is 2. The van der Waals surface area contributed by atoms with Gasteiger partial charge < -0.3 is 14.8 Å². The molecule has 6 heteroatoms. The summed E-state index contributed by atoms with van der Waals surface area (Å²) < 4.78 is 3.33. The second kappa shape index (κ2) is 7.43. The molecule has 2 heterocycles. The highest BCUT2D eigenvalue weighted by Crippen LogP contribution is 2.33. The molecule has 1 N–H and O–H groups in total. The van der Waals surface area contributed by atoms with Crippen LogP contribution in [0.25, 0.3) is 0 Å². The monoisotopic (exact) mass is 445 g/mol. The molecule has 1 aromatic heterocycles. The molecule has 0 unspecified atom stereocenters. The van der Waals surface area contributed by atoms with E-state index in [2.05, 4.69) is 61.2 Å². The summed E-state index contributed by atoms with van der Waals surface area (Å²) in [5.74, 6) is 0. The van der Waals surface area contributed by atoms with Crippen molar-refractivity contribution in [3.05, 3.63) is 87.6 Å². The third-order valence-corrected chi connectivity index (χ3v) is 5.70. The molecule has 1 aliphatic heterocycles. The number of benzene rings is 2. The number of aromatic nitrogens is 1. The van der Waals surface area contributed by atoms with Crippen molar-refractivity contribution in [1.29, 1.82) is 0 Å². The lowest BCUT2D eigenvalue weighted by atomic mass is 10.0. The number of hydrogen-bond donors (Lipinski definition) is 1. The molecule has 0 bridgehead atoms. The first-order chi connectivity index (χ1) is 12.6. The van der Waals surface area contributed by atoms with Gasteiger partial charge in [0.1, 0.15) is 0 Å². The zero-order chi connectivity index (χ0) is 18.1. The molecule has 1 atom stereocenters. The van der Waals surface area contributed by atoms with Crippen LogP contribution in [0.3, 0.4) is 0 Å². The van der Waals surface area contributed by atoms with Gasteiger partial charge in [0.2, 0.25) is 0 Å². The first kappa shape index (κ1) is 17.6. The van der Waals surface area contributed by atoms with Crippen LogP contribution in [0.5, 0.6) is 0 Å². The van der Waals surface area contributed by atoms with E-state index in [4.69, 9.17) is 23.8 Å². The zero-order valence-corrected chi connectivity index (χ0v) is 17.1. The Labute approximate surface area is 171 Å². The van der Waals surface area contributed by atoms with Crippen molar-refractivity contribution < 1.29 is 0 Å². The smallest absolute Gasteiger partial charge is 0.174 e. The Kier molecular flexibility index (Phi) is 5.02. The van der Waals surface area contributed by atoms with Crippen molar-refractivity contribution >= 4 is 50.5 Å². The van der Waals surface area contributed by atoms with Crippen molar-refractivity contribution in [2.45, 2.75) is 12.6 Å². The van der Waals surface area contributed by atoms with E-state index in [1.165, 1.54) is 11.3 Å². The number of hydrogen-bond acceptors (Lipinski definition) is 1. The quantitative estimate of drug-likeness (QED) is 0.509. The fourth-order valence-corrected chi connectivity index (χ4v) is 4.03. The number of fused-ring (bicyclic) bond motifs is 1. The fraction of sp³-hybridized carbons (Fsp3) is 0.150. The maximum Gasteiger partial charge on any atom is 0.174 e. The van der Waals surface area contributed by atoms with E-state index >= 15 is 0 Å². The first-order valence-electron chi connectivity index (χ1n) is 8.35. The molecule has 0 saturated heterocycles. The molecule has 3 nitrogen and oxygen atoms in total. The Morgan fingerprint density at radius 2 is 1.77 bits per heavy atom. The topological polar surface area (TPSA) is 20.2 Å². The fourth-order valence-electron chi connectivity index (χ4n) is 3.33. The van der Waals surface area contributed by atoms with Crippen LogP contribution in [0.2, 0.25) is 5.02 Å². The summed E-state index contributed by atoms with van der Waals surface area (Å²) in [7, 11) is 0. The molecule has 0 amide bonds. The summed E-state index contributed by atoms with van der Waals surface area (Å²) in [6.45, 7) is 1.76. The van der Waals surface area contributed by atoms with Crippen LogP contribution >= 0.6 is 39.7 Å². The first-order valence-corrected chi connectivity index (χ1v) is 9.93. The Balaban J connectivity index is 1.66. The van der Waals surface area contributed by atoms with Crippen LogP contribution in [0.15, 0.2) is 71.3 Å². The molecule has 26 heavy (non-hydrogen) atoms. The third-order valence-electron chi connectivity index (χ3n) is 4.58. The van der Waals surface area contributed by atoms with Crippen LogP contribution in [0.4, 0.5) is 5.69 Å². The lowest BCUT2D eigenvalue weighted by molar-refractivity contribution is 0.293. The summed E-state index contributed by atoms with van der Waals surface area (Å²) >= 11 is 15.3. The van der Waals surface area contributed by atoms with E-state index in [1.54, 1.807) is 0 Å². The predicted octanol–water partition coefficient (Wildman–Crippen LogP) is 5.71. The Morgan fingerprint density at radius 3 is 2.50 bits per heavy atom. The lowest BCUT2D eigenvalue weighted by Crippen LogP contribution is -2.44. The van der Waals surface area contributed by atoms with Crippen molar-refractivity contribution in [1.82, 2.24) is 9.47 Å². The van der Waals surface area contributed by atoms with Crippen LogP contribution in [-0.2, 0) is 6.54 Å². The third kappa shape index (κ3) is 3.52. The lowest BCUT2D eigenvalue weighted by Gasteiger charge is -2.39. The maximum atomic E-state index is 6.09. The van der Waals surface area contributed by atoms with Gasteiger partial charge in [-0.15, -0.1) is 0 Å². The molecule has 0 fully saturated rings. The van der Waals surface area contributed by atoms with E-state index in [-0.39, 0.29) is 6.04 Å². The molecule has 3 aromatic rings. The normalized spacial score (nSPS) is 16.2. The Bertz CT molecular complexity index is 921. The summed E-state index contributed by atoms with van der Waals surface area (Å²) in [5, 5.41) is 4.83. The minimum absolute atomic E-state index is 0.0615. The molecule has 1 aliphatic rings. The molecule has 0 saturated carbocycles. The highest BCUT2D eigenvalue weighted by atomic mass is 79.9. The van der Waals surface area contributed by atoms with Crippen molar-refractivity contribution in [2.75, 3.05) is 11.9 Å². The van der Waals surface area contributed by atoms with Crippen LogP contribution in [0, 0.1) is 0 Å². The van der Waals surface area contributed by atoms with Crippen molar-refractivity contribution in [2.24, 2.45) is 0 Å². The zero-order valence-electron chi connectivity index (χ0n) is 13.9. The summed E-state index contributed by atoms with van der Waals surface area (Å²) in [5.41, 5.74) is 3.39. The van der Waals surface area contributed by atoms with Gasteiger partial charge in [0.25, 0.3) is 0 Å². The summed E-state index contributed by atoms with van der Waals surface area (Å²) in [4.78, 5) is 2.25. The molecule has 132 valence electrons. The molecule has 2 aromatic carbocycles. The van der Waals surface area contributed by atoms with Gasteiger partial charge in [-0.3, -0.25) is 0 Å². The standard InChI is InChI=1S/C20H17BrClN3S/c21-15-5-9-17(10-6-15)23-20(26)25-13-12-24-11-1-2-18(24)19(25)14-3-7-16(22)8-4-14/h1-11,19H,12-13H2,(H,23,26)/t19-/m0/s1. The summed E-state index contributed by atoms with van der Waals surface area (Å²) in [6.07, 6.45) is 2.13. The molecular formula is C20H17BrClN3S. The Morgan fingerprint density at radius 1 is 1.04 bits per heavy atom. The predicted molar refractivity (Wildman–Crippen MR) is 115 cm³/mol. The van der Waals surface area contributed by atoms with Gasteiger partial charge in [-0.1, -0.05) is 39.7 Å². The van der Waals surface area contributed by atoms with Crippen molar-refractivity contribution in [3.8, 4) is 0 Å². The van der Waals surface area contributed by atoms with Gasteiger partial charge in [-0.25, -0.2) is 0 Å².